The van der Waals surface area contributed by atoms with Crippen LogP contribution in [0.5, 0.6) is 0 Å². The summed E-state index contributed by atoms with van der Waals surface area (Å²) >= 11 is 0. The van der Waals surface area contributed by atoms with Gasteiger partial charge in [0.05, 0.1) is 24.7 Å². The Bertz CT molecular complexity index is 460. The van der Waals surface area contributed by atoms with Crippen molar-refractivity contribution in [3.63, 3.8) is 0 Å². The van der Waals surface area contributed by atoms with Gasteiger partial charge in [-0.3, -0.25) is 19.3 Å². The smallest absolute Gasteiger partial charge is 0.307 e. The number of methoxy groups -OCH3 is 1. The zero-order valence-electron chi connectivity index (χ0n) is 9.30. The van der Waals surface area contributed by atoms with E-state index < -0.39 is 5.97 Å². The highest BCUT2D eigenvalue weighted by Crippen LogP contribution is 2.22. The van der Waals surface area contributed by atoms with Crippen LogP contribution in [0.4, 0.5) is 0 Å². The monoisotopic (exact) mass is 233 g/mol. The third-order valence-corrected chi connectivity index (χ3v) is 2.65. The molecule has 2 amide bonds. The molecular weight excluding hydrogens is 222 g/mol. The third-order valence-electron chi connectivity index (χ3n) is 2.65. The first-order valence-corrected chi connectivity index (χ1v) is 5.17. The first kappa shape index (κ1) is 11.3. The summed E-state index contributed by atoms with van der Waals surface area (Å²) in [6.07, 6.45) is 0.0158. The lowest BCUT2D eigenvalue weighted by Gasteiger charge is -2.12. The van der Waals surface area contributed by atoms with Gasteiger partial charge in [0.15, 0.2) is 0 Å². The van der Waals surface area contributed by atoms with Crippen molar-refractivity contribution in [3.05, 3.63) is 35.4 Å². The van der Waals surface area contributed by atoms with Gasteiger partial charge in [-0.05, 0) is 12.1 Å². The van der Waals surface area contributed by atoms with E-state index in [-0.39, 0.29) is 24.8 Å². The zero-order valence-corrected chi connectivity index (χ0v) is 9.30. The summed E-state index contributed by atoms with van der Waals surface area (Å²) in [5.41, 5.74) is 0.782. The Hall–Kier alpha value is -2.17. The predicted molar refractivity (Wildman–Crippen MR) is 58.4 cm³/mol. The number of ether oxygens (including phenoxy) is 1. The van der Waals surface area contributed by atoms with Crippen LogP contribution >= 0.6 is 0 Å². The van der Waals surface area contributed by atoms with E-state index in [1.54, 1.807) is 24.3 Å². The van der Waals surface area contributed by atoms with Gasteiger partial charge in [-0.25, -0.2) is 0 Å². The first-order valence-electron chi connectivity index (χ1n) is 5.17. The maximum atomic E-state index is 11.9. The fourth-order valence-electron chi connectivity index (χ4n) is 1.75. The molecule has 88 valence electrons. The Kier molecular flexibility index (Phi) is 2.91. The number of fused-ring (bicyclic) bond motifs is 1. The number of imide groups is 1. The minimum Gasteiger partial charge on any atom is -0.469 e. The van der Waals surface area contributed by atoms with Crippen LogP contribution < -0.4 is 0 Å². The van der Waals surface area contributed by atoms with Crippen LogP contribution in [0.3, 0.4) is 0 Å². The van der Waals surface area contributed by atoms with Gasteiger partial charge in [-0.2, -0.15) is 0 Å². The summed E-state index contributed by atoms with van der Waals surface area (Å²) in [6.45, 7) is 0.0546. The Labute approximate surface area is 98.0 Å². The maximum Gasteiger partial charge on any atom is 0.307 e. The van der Waals surface area contributed by atoms with Crippen LogP contribution in [0.2, 0.25) is 0 Å². The average Bonchev–Trinajstić information content (AvgIpc) is 2.60. The fraction of sp³-hybridized carbons (Fsp3) is 0.250. The molecule has 0 spiro atoms. The molecule has 0 atom stereocenters. The van der Waals surface area contributed by atoms with Gasteiger partial charge in [0.2, 0.25) is 0 Å². The quantitative estimate of drug-likeness (QED) is 0.573. The standard InChI is InChI=1S/C12H11NO4/c1-17-10(14)6-7-13-11(15)8-4-2-3-5-9(8)12(13)16/h2-5H,6-7H2,1H3. The second-order valence-corrected chi connectivity index (χ2v) is 3.63. The van der Waals surface area contributed by atoms with Gasteiger partial charge < -0.3 is 4.74 Å². The highest BCUT2D eigenvalue weighted by Gasteiger charge is 2.34. The molecular formula is C12H11NO4. The van der Waals surface area contributed by atoms with Crippen LogP contribution in [0.15, 0.2) is 24.3 Å². The molecule has 0 fully saturated rings. The Balaban J connectivity index is 2.16. The summed E-state index contributed by atoms with van der Waals surface area (Å²) < 4.78 is 4.47. The number of hydrogen-bond donors (Lipinski definition) is 0. The number of hydrogen-bond acceptors (Lipinski definition) is 4. The summed E-state index contributed by atoms with van der Waals surface area (Å²) in [5.74, 6) is -1.15. The van der Waals surface area contributed by atoms with Crippen molar-refractivity contribution < 1.29 is 19.1 Å². The molecule has 1 aliphatic heterocycles. The van der Waals surface area contributed by atoms with Crippen LogP contribution in [0.25, 0.3) is 0 Å². The van der Waals surface area contributed by atoms with Crippen molar-refractivity contribution in [2.75, 3.05) is 13.7 Å². The number of nitrogens with zero attached hydrogens (tertiary/aromatic N) is 1. The topological polar surface area (TPSA) is 63.7 Å². The Morgan fingerprint density at radius 1 is 1.18 bits per heavy atom. The normalized spacial score (nSPS) is 13.8. The minimum absolute atomic E-state index is 0.0158. The summed E-state index contributed by atoms with van der Waals surface area (Å²) in [6, 6.07) is 6.61. The average molecular weight is 233 g/mol. The molecule has 1 heterocycles. The van der Waals surface area contributed by atoms with Gasteiger partial charge in [0.25, 0.3) is 11.8 Å². The van der Waals surface area contributed by atoms with Crippen molar-refractivity contribution in [1.29, 1.82) is 0 Å². The lowest BCUT2D eigenvalue weighted by Crippen LogP contribution is -2.32. The van der Waals surface area contributed by atoms with E-state index in [1.807, 2.05) is 0 Å². The lowest BCUT2D eigenvalue weighted by molar-refractivity contribution is -0.140. The van der Waals surface area contributed by atoms with Crippen molar-refractivity contribution >= 4 is 17.8 Å². The molecule has 0 aromatic heterocycles. The van der Waals surface area contributed by atoms with Gasteiger partial charge in [-0.15, -0.1) is 0 Å². The molecule has 0 radical (unpaired) electrons. The SMILES string of the molecule is COC(=O)CCN1C(=O)c2ccccc2C1=O. The summed E-state index contributed by atoms with van der Waals surface area (Å²) in [4.78, 5) is 35.8. The zero-order chi connectivity index (χ0) is 12.4. The van der Waals surface area contributed by atoms with Gasteiger partial charge in [-0.1, -0.05) is 12.1 Å². The molecule has 0 unspecified atom stereocenters. The molecule has 5 heteroatoms. The number of amides is 2. The van der Waals surface area contributed by atoms with E-state index in [9.17, 15) is 14.4 Å². The largest absolute Gasteiger partial charge is 0.469 e. The van der Waals surface area contributed by atoms with Crippen LogP contribution in [-0.4, -0.2) is 36.3 Å². The van der Waals surface area contributed by atoms with Crippen molar-refractivity contribution in [3.8, 4) is 0 Å². The fourth-order valence-corrected chi connectivity index (χ4v) is 1.75. The molecule has 0 N–H and O–H groups in total. The number of carbonyl (C=O) groups is 3. The second-order valence-electron chi connectivity index (χ2n) is 3.63. The van der Waals surface area contributed by atoms with E-state index >= 15 is 0 Å². The van der Waals surface area contributed by atoms with Gasteiger partial charge >= 0.3 is 5.97 Å². The Morgan fingerprint density at radius 3 is 2.18 bits per heavy atom. The summed E-state index contributed by atoms with van der Waals surface area (Å²) in [7, 11) is 1.27. The molecule has 0 saturated heterocycles. The van der Waals surface area contributed by atoms with E-state index in [0.29, 0.717) is 11.1 Å². The lowest BCUT2D eigenvalue weighted by atomic mass is 10.1. The van der Waals surface area contributed by atoms with Crippen LogP contribution in [-0.2, 0) is 9.53 Å². The number of esters is 1. The summed E-state index contributed by atoms with van der Waals surface area (Å²) in [5, 5.41) is 0. The van der Waals surface area contributed by atoms with Crippen molar-refractivity contribution in [1.82, 2.24) is 4.90 Å². The second kappa shape index (κ2) is 4.37. The molecule has 0 bridgehead atoms. The van der Waals surface area contributed by atoms with Crippen molar-refractivity contribution in [2.24, 2.45) is 0 Å². The molecule has 5 nitrogen and oxygen atoms in total. The minimum atomic E-state index is -0.443. The highest BCUT2D eigenvalue weighted by molar-refractivity contribution is 6.21. The number of carbonyl (C=O) groups excluding carboxylic acids is 3. The molecule has 1 aliphatic rings. The molecule has 2 rings (SSSR count). The van der Waals surface area contributed by atoms with Crippen LogP contribution in [0, 0.1) is 0 Å². The number of benzene rings is 1. The molecule has 0 aliphatic carbocycles. The van der Waals surface area contributed by atoms with Crippen molar-refractivity contribution in [2.45, 2.75) is 6.42 Å². The molecule has 1 aromatic rings. The predicted octanol–water partition coefficient (Wildman–Crippen LogP) is 0.846. The Morgan fingerprint density at radius 2 is 1.71 bits per heavy atom. The first-order chi connectivity index (χ1) is 8.15. The van der Waals surface area contributed by atoms with E-state index in [1.165, 1.54) is 7.11 Å². The molecule has 17 heavy (non-hydrogen) atoms. The van der Waals surface area contributed by atoms with E-state index in [4.69, 9.17) is 0 Å². The molecule has 0 saturated carbocycles. The molecule has 1 aromatic carbocycles. The van der Waals surface area contributed by atoms with E-state index in [2.05, 4.69) is 4.74 Å². The third kappa shape index (κ3) is 1.91. The van der Waals surface area contributed by atoms with Gasteiger partial charge in [0, 0.05) is 6.54 Å². The van der Waals surface area contributed by atoms with Crippen LogP contribution in [0.1, 0.15) is 27.1 Å². The highest BCUT2D eigenvalue weighted by atomic mass is 16.5. The van der Waals surface area contributed by atoms with E-state index in [0.717, 1.165) is 4.90 Å². The van der Waals surface area contributed by atoms with Gasteiger partial charge in [0.1, 0.15) is 0 Å². The maximum absolute atomic E-state index is 11.9. The number of rotatable bonds is 3.